The SMILES string of the molecule is CCC1CCN(c2ccc(CNCC(C)C)c(Cl)c2)C1. The zero-order valence-corrected chi connectivity index (χ0v) is 13.7. The Morgan fingerprint density at radius 2 is 2.20 bits per heavy atom. The van der Waals surface area contributed by atoms with Crippen LogP contribution in [0.4, 0.5) is 5.69 Å². The zero-order chi connectivity index (χ0) is 14.5. The summed E-state index contributed by atoms with van der Waals surface area (Å²) in [5.74, 6) is 1.52. The van der Waals surface area contributed by atoms with Crippen molar-refractivity contribution < 1.29 is 0 Å². The smallest absolute Gasteiger partial charge is 0.0471 e. The molecule has 1 fully saturated rings. The topological polar surface area (TPSA) is 15.3 Å². The lowest BCUT2D eigenvalue weighted by atomic mass is 10.1. The van der Waals surface area contributed by atoms with Crippen LogP contribution in [0.5, 0.6) is 0 Å². The van der Waals surface area contributed by atoms with Gasteiger partial charge < -0.3 is 10.2 Å². The normalized spacial score (nSPS) is 19.1. The van der Waals surface area contributed by atoms with E-state index >= 15 is 0 Å². The van der Waals surface area contributed by atoms with Gasteiger partial charge in [0.2, 0.25) is 0 Å². The summed E-state index contributed by atoms with van der Waals surface area (Å²) < 4.78 is 0. The number of nitrogens with zero attached hydrogens (tertiary/aromatic N) is 1. The van der Waals surface area contributed by atoms with E-state index in [1.807, 2.05) is 0 Å². The first-order valence-corrected chi connectivity index (χ1v) is 8.22. The molecule has 112 valence electrons. The van der Waals surface area contributed by atoms with Gasteiger partial charge >= 0.3 is 0 Å². The van der Waals surface area contributed by atoms with Crippen molar-refractivity contribution in [2.45, 2.75) is 40.2 Å². The Kier molecular flexibility index (Phi) is 5.74. The van der Waals surface area contributed by atoms with Gasteiger partial charge in [0.25, 0.3) is 0 Å². The average Bonchev–Trinajstić information content (AvgIpc) is 2.89. The molecule has 0 spiro atoms. The first kappa shape index (κ1) is 15.7. The van der Waals surface area contributed by atoms with Gasteiger partial charge in [-0.05, 0) is 42.5 Å². The maximum Gasteiger partial charge on any atom is 0.0471 e. The molecule has 2 rings (SSSR count). The highest BCUT2D eigenvalue weighted by molar-refractivity contribution is 6.31. The van der Waals surface area contributed by atoms with E-state index < -0.39 is 0 Å². The quantitative estimate of drug-likeness (QED) is 0.840. The summed E-state index contributed by atoms with van der Waals surface area (Å²) in [7, 11) is 0. The maximum atomic E-state index is 6.43. The lowest BCUT2D eigenvalue weighted by Gasteiger charge is -2.20. The van der Waals surface area contributed by atoms with E-state index in [1.54, 1.807) is 0 Å². The molecule has 3 heteroatoms. The van der Waals surface area contributed by atoms with Gasteiger partial charge in [-0.2, -0.15) is 0 Å². The lowest BCUT2D eigenvalue weighted by Crippen LogP contribution is -2.20. The molecule has 1 unspecified atom stereocenters. The Morgan fingerprint density at radius 1 is 1.40 bits per heavy atom. The van der Waals surface area contributed by atoms with E-state index in [2.05, 4.69) is 49.2 Å². The van der Waals surface area contributed by atoms with E-state index in [0.29, 0.717) is 5.92 Å². The second kappa shape index (κ2) is 7.33. The first-order valence-electron chi connectivity index (χ1n) is 7.84. The second-order valence-corrected chi connectivity index (χ2v) is 6.72. The minimum Gasteiger partial charge on any atom is -0.371 e. The van der Waals surface area contributed by atoms with Crippen LogP contribution >= 0.6 is 11.6 Å². The average molecular weight is 295 g/mol. The summed E-state index contributed by atoms with van der Waals surface area (Å²) in [5.41, 5.74) is 2.47. The van der Waals surface area contributed by atoms with Crippen LogP contribution in [-0.4, -0.2) is 19.6 Å². The molecule has 1 N–H and O–H groups in total. The Labute approximate surface area is 128 Å². The van der Waals surface area contributed by atoms with Gasteiger partial charge in [-0.1, -0.05) is 44.9 Å². The molecular formula is C17H27ClN2. The Balaban J connectivity index is 1.95. The fraction of sp³-hybridized carbons (Fsp3) is 0.647. The highest BCUT2D eigenvalue weighted by atomic mass is 35.5. The molecule has 1 atom stereocenters. The highest BCUT2D eigenvalue weighted by Crippen LogP contribution is 2.29. The van der Waals surface area contributed by atoms with Gasteiger partial charge in [-0.15, -0.1) is 0 Å². The van der Waals surface area contributed by atoms with Crippen LogP contribution in [-0.2, 0) is 6.54 Å². The van der Waals surface area contributed by atoms with Crippen LogP contribution in [0, 0.1) is 11.8 Å². The van der Waals surface area contributed by atoms with E-state index in [0.717, 1.165) is 24.0 Å². The molecule has 2 nitrogen and oxygen atoms in total. The molecule has 0 aromatic heterocycles. The predicted octanol–water partition coefficient (Wildman–Crippen LogP) is 4.32. The van der Waals surface area contributed by atoms with Crippen molar-refractivity contribution in [2.24, 2.45) is 11.8 Å². The standard InChI is InChI=1S/C17H27ClN2/c1-4-14-7-8-20(12-14)16-6-5-15(17(18)9-16)11-19-10-13(2)3/h5-6,9,13-14,19H,4,7-8,10-12H2,1-3H3. The second-order valence-electron chi connectivity index (χ2n) is 6.31. The van der Waals surface area contributed by atoms with E-state index in [4.69, 9.17) is 11.6 Å². The predicted molar refractivity (Wildman–Crippen MR) is 88.6 cm³/mol. The monoisotopic (exact) mass is 294 g/mol. The molecule has 1 aliphatic heterocycles. The zero-order valence-electron chi connectivity index (χ0n) is 13.0. The van der Waals surface area contributed by atoms with Crippen molar-refractivity contribution in [2.75, 3.05) is 24.5 Å². The number of anilines is 1. The molecule has 1 saturated heterocycles. The van der Waals surface area contributed by atoms with Gasteiger partial charge in [0.1, 0.15) is 0 Å². The number of halogens is 1. The lowest BCUT2D eigenvalue weighted by molar-refractivity contribution is 0.552. The number of hydrogen-bond donors (Lipinski definition) is 1. The van der Waals surface area contributed by atoms with E-state index in [9.17, 15) is 0 Å². The van der Waals surface area contributed by atoms with Crippen LogP contribution in [0.2, 0.25) is 5.02 Å². The van der Waals surface area contributed by atoms with Crippen LogP contribution in [0.1, 0.15) is 39.2 Å². The molecule has 0 bridgehead atoms. The molecule has 0 amide bonds. The van der Waals surface area contributed by atoms with Crippen LogP contribution in [0.3, 0.4) is 0 Å². The number of benzene rings is 1. The largest absolute Gasteiger partial charge is 0.371 e. The molecule has 0 radical (unpaired) electrons. The highest BCUT2D eigenvalue weighted by Gasteiger charge is 2.21. The van der Waals surface area contributed by atoms with Crippen LogP contribution in [0.25, 0.3) is 0 Å². The van der Waals surface area contributed by atoms with Crippen LogP contribution in [0.15, 0.2) is 18.2 Å². The number of nitrogens with one attached hydrogen (secondary N) is 1. The third-order valence-electron chi connectivity index (χ3n) is 4.13. The van der Waals surface area contributed by atoms with Crippen molar-refractivity contribution in [3.63, 3.8) is 0 Å². The molecule has 1 aromatic rings. The van der Waals surface area contributed by atoms with Crippen molar-refractivity contribution >= 4 is 17.3 Å². The maximum absolute atomic E-state index is 6.43. The summed E-state index contributed by atoms with van der Waals surface area (Å²) in [6.07, 6.45) is 2.59. The summed E-state index contributed by atoms with van der Waals surface area (Å²) in [5, 5.41) is 4.34. The first-order chi connectivity index (χ1) is 9.60. The number of rotatable bonds is 6. The third-order valence-corrected chi connectivity index (χ3v) is 4.48. The van der Waals surface area contributed by atoms with Gasteiger partial charge in [0.15, 0.2) is 0 Å². The van der Waals surface area contributed by atoms with Crippen molar-refractivity contribution in [1.82, 2.24) is 5.32 Å². The van der Waals surface area contributed by atoms with E-state index in [1.165, 1.54) is 37.2 Å². The fourth-order valence-electron chi connectivity index (χ4n) is 2.77. The number of hydrogen-bond acceptors (Lipinski definition) is 2. The molecular weight excluding hydrogens is 268 g/mol. The summed E-state index contributed by atoms with van der Waals surface area (Å²) in [4.78, 5) is 2.46. The summed E-state index contributed by atoms with van der Waals surface area (Å²) in [6, 6.07) is 6.52. The van der Waals surface area contributed by atoms with Gasteiger partial charge in [-0.25, -0.2) is 0 Å². The molecule has 20 heavy (non-hydrogen) atoms. The van der Waals surface area contributed by atoms with Gasteiger partial charge in [0, 0.05) is 30.3 Å². The Hall–Kier alpha value is -0.730. The van der Waals surface area contributed by atoms with Gasteiger partial charge in [0.05, 0.1) is 0 Å². The van der Waals surface area contributed by atoms with Crippen molar-refractivity contribution in [3.05, 3.63) is 28.8 Å². The fourth-order valence-corrected chi connectivity index (χ4v) is 3.01. The minimum atomic E-state index is 0.670. The minimum absolute atomic E-state index is 0.670. The van der Waals surface area contributed by atoms with Gasteiger partial charge in [-0.3, -0.25) is 0 Å². The summed E-state index contributed by atoms with van der Waals surface area (Å²) >= 11 is 6.43. The third kappa shape index (κ3) is 4.13. The molecule has 1 aromatic carbocycles. The Bertz CT molecular complexity index is 431. The molecule has 1 heterocycles. The van der Waals surface area contributed by atoms with Crippen molar-refractivity contribution in [3.8, 4) is 0 Å². The van der Waals surface area contributed by atoms with E-state index in [-0.39, 0.29) is 0 Å². The van der Waals surface area contributed by atoms with Crippen LogP contribution < -0.4 is 10.2 Å². The molecule has 0 saturated carbocycles. The molecule has 1 aliphatic rings. The Morgan fingerprint density at radius 3 is 2.80 bits per heavy atom. The van der Waals surface area contributed by atoms with Crippen molar-refractivity contribution in [1.29, 1.82) is 0 Å². The summed E-state index contributed by atoms with van der Waals surface area (Å²) in [6.45, 7) is 10.9. The molecule has 0 aliphatic carbocycles.